The number of carbonyl (C=O) groups is 1. The van der Waals surface area contributed by atoms with Crippen molar-refractivity contribution in [2.24, 2.45) is 0 Å². The Morgan fingerprint density at radius 1 is 1.00 bits per heavy atom. The maximum atomic E-state index is 12.7. The molecule has 3 nitrogen and oxygen atoms in total. The van der Waals surface area contributed by atoms with E-state index in [4.69, 9.17) is 4.74 Å². The van der Waals surface area contributed by atoms with Gasteiger partial charge >= 0.3 is 0 Å². The number of hydrogen-bond donors (Lipinski definition) is 1. The monoisotopic (exact) mass is 301 g/mol. The molecule has 0 saturated carbocycles. The van der Waals surface area contributed by atoms with E-state index in [2.05, 4.69) is 17.2 Å². The predicted octanol–water partition coefficient (Wildman–Crippen LogP) is 2.51. The molecule has 0 bridgehead atoms. The quantitative estimate of drug-likeness (QED) is 0.881. The molecular formula is C17H13F2NO2. The van der Waals surface area contributed by atoms with E-state index in [1.165, 1.54) is 36.4 Å². The largest absolute Gasteiger partial charge is 0.484 e. The third kappa shape index (κ3) is 5.25. The molecule has 112 valence electrons. The van der Waals surface area contributed by atoms with Crippen molar-refractivity contribution in [3.05, 3.63) is 65.7 Å². The van der Waals surface area contributed by atoms with E-state index in [0.717, 1.165) is 0 Å². The van der Waals surface area contributed by atoms with Crippen molar-refractivity contribution < 1.29 is 18.3 Å². The Bertz CT molecular complexity index is 685. The van der Waals surface area contributed by atoms with Crippen molar-refractivity contribution in [3.63, 3.8) is 0 Å². The molecule has 1 N–H and O–H groups in total. The highest BCUT2D eigenvalue weighted by molar-refractivity contribution is 5.77. The lowest BCUT2D eigenvalue weighted by Gasteiger charge is -2.05. The van der Waals surface area contributed by atoms with E-state index in [1.54, 1.807) is 12.1 Å². The Hall–Kier alpha value is -2.87. The third-order valence-corrected chi connectivity index (χ3v) is 2.63. The zero-order chi connectivity index (χ0) is 15.8. The second-order valence-corrected chi connectivity index (χ2v) is 4.33. The van der Waals surface area contributed by atoms with Crippen molar-refractivity contribution in [2.45, 2.75) is 0 Å². The summed E-state index contributed by atoms with van der Waals surface area (Å²) in [7, 11) is 0. The van der Waals surface area contributed by atoms with Crippen LogP contribution in [0.15, 0.2) is 48.5 Å². The van der Waals surface area contributed by atoms with Gasteiger partial charge in [0, 0.05) is 5.56 Å². The highest BCUT2D eigenvalue weighted by Crippen LogP contribution is 2.10. The Morgan fingerprint density at radius 2 is 1.59 bits per heavy atom. The highest BCUT2D eigenvalue weighted by atomic mass is 19.1. The molecule has 1 amide bonds. The average Bonchev–Trinajstić information content (AvgIpc) is 2.53. The van der Waals surface area contributed by atoms with Gasteiger partial charge in [0.1, 0.15) is 17.4 Å². The molecule has 0 atom stereocenters. The summed E-state index contributed by atoms with van der Waals surface area (Å²) in [5, 5.41) is 2.56. The van der Waals surface area contributed by atoms with Crippen LogP contribution in [0.25, 0.3) is 0 Å². The van der Waals surface area contributed by atoms with Crippen LogP contribution in [0.4, 0.5) is 8.78 Å². The van der Waals surface area contributed by atoms with E-state index < -0.39 is 0 Å². The number of amides is 1. The highest BCUT2D eigenvalue weighted by Gasteiger charge is 2.01. The number of rotatable bonds is 4. The molecule has 0 aliphatic rings. The van der Waals surface area contributed by atoms with Crippen LogP contribution in [0.5, 0.6) is 5.75 Å². The van der Waals surface area contributed by atoms with Crippen molar-refractivity contribution in [1.82, 2.24) is 5.32 Å². The Balaban J connectivity index is 1.72. The molecular weight excluding hydrogens is 288 g/mol. The third-order valence-electron chi connectivity index (χ3n) is 2.63. The number of carbonyl (C=O) groups excluding carboxylic acids is 1. The van der Waals surface area contributed by atoms with Crippen molar-refractivity contribution >= 4 is 5.91 Å². The standard InChI is InChI=1S/C17H13F2NO2/c18-14-5-3-13(4-6-14)2-1-11-20-17(21)12-22-16-9-7-15(19)8-10-16/h3-10H,11-12H2,(H,20,21). The summed E-state index contributed by atoms with van der Waals surface area (Å²) in [6.45, 7) is -0.0210. The fourth-order valence-corrected chi connectivity index (χ4v) is 1.55. The number of ether oxygens (including phenoxy) is 1. The SMILES string of the molecule is O=C(COc1ccc(F)cc1)NCC#Cc1ccc(F)cc1. The average molecular weight is 301 g/mol. The molecule has 22 heavy (non-hydrogen) atoms. The summed E-state index contributed by atoms with van der Waals surface area (Å²) in [5.74, 6) is 4.93. The fraction of sp³-hybridized carbons (Fsp3) is 0.118. The van der Waals surface area contributed by atoms with E-state index in [0.29, 0.717) is 11.3 Å². The van der Waals surface area contributed by atoms with Crippen molar-refractivity contribution in [2.75, 3.05) is 13.2 Å². The summed E-state index contributed by atoms with van der Waals surface area (Å²) < 4.78 is 30.6. The maximum Gasteiger partial charge on any atom is 0.258 e. The number of halogens is 2. The van der Waals surface area contributed by atoms with Crippen LogP contribution in [0, 0.1) is 23.5 Å². The number of nitrogens with one attached hydrogen (secondary N) is 1. The first-order chi connectivity index (χ1) is 10.6. The van der Waals surface area contributed by atoms with Crippen LogP contribution >= 0.6 is 0 Å². The van der Waals surface area contributed by atoms with E-state index in [9.17, 15) is 13.6 Å². The molecule has 2 aromatic carbocycles. The van der Waals surface area contributed by atoms with E-state index >= 15 is 0 Å². The molecule has 0 aliphatic heterocycles. The van der Waals surface area contributed by atoms with Crippen LogP contribution < -0.4 is 10.1 Å². The second kappa shape index (κ2) is 7.79. The van der Waals surface area contributed by atoms with Gasteiger partial charge in [-0.3, -0.25) is 4.79 Å². The van der Waals surface area contributed by atoms with Gasteiger partial charge in [-0.2, -0.15) is 0 Å². The first-order valence-corrected chi connectivity index (χ1v) is 6.53. The lowest BCUT2D eigenvalue weighted by atomic mass is 10.2. The Morgan fingerprint density at radius 3 is 2.23 bits per heavy atom. The van der Waals surface area contributed by atoms with Gasteiger partial charge in [-0.05, 0) is 48.5 Å². The normalized spacial score (nSPS) is 9.55. The topological polar surface area (TPSA) is 38.3 Å². The number of hydrogen-bond acceptors (Lipinski definition) is 2. The molecule has 2 aromatic rings. The van der Waals surface area contributed by atoms with Gasteiger partial charge in [0.15, 0.2) is 6.61 Å². The lowest BCUT2D eigenvalue weighted by molar-refractivity contribution is -0.122. The van der Waals surface area contributed by atoms with Crippen LogP contribution in [-0.2, 0) is 4.79 Å². The first kappa shape index (κ1) is 15.5. The summed E-state index contributed by atoms with van der Waals surface area (Å²) in [4.78, 5) is 11.5. The van der Waals surface area contributed by atoms with Gasteiger partial charge in [-0.1, -0.05) is 11.8 Å². The molecule has 5 heteroatoms. The minimum Gasteiger partial charge on any atom is -0.484 e. The van der Waals surface area contributed by atoms with Crippen LogP contribution in [0.3, 0.4) is 0 Å². The molecule has 0 spiro atoms. The number of benzene rings is 2. The summed E-state index contributed by atoms with van der Waals surface area (Å²) in [6.07, 6.45) is 0. The van der Waals surface area contributed by atoms with Gasteiger partial charge in [-0.25, -0.2) is 8.78 Å². The van der Waals surface area contributed by atoms with Gasteiger partial charge < -0.3 is 10.1 Å². The molecule has 0 saturated heterocycles. The molecule has 0 aliphatic carbocycles. The Labute approximate surface area is 126 Å². The Kier molecular flexibility index (Phi) is 5.50. The second-order valence-electron chi connectivity index (χ2n) is 4.33. The molecule has 0 heterocycles. The zero-order valence-corrected chi connectivity index (χ0v) is 11.6. The van der Waals surface area contributed by atoms with Gasteiger partial charge in [0.05, 0.1) is 6.54 Å². The maximum absolute atomic E-state index is 12.7. The first-order valence-electron chi connectivity index (χ1n) is 6.53. The van der Waals surface area contributed by atoms with Crippen LogP contribution in [0.1, 0.15) is 5.56 Å². The van der Waals surface area contributed by atoms with Crippen LogP contribution in [-0.4, -0.2) is 19.1 Å². The van der Waals surface area contributed by atoms with Gasteiger partial charge in [-0.15, -0.1) is 0 Å². The van der Waals surface area contributed by atoms with Gasteiger partial charge in [0.25, 0.3) is 5.91 Å². The summed E-state index contributed by atoms with van der Waals surface area (Å²) in [5.41, 5.74) is 0.665. The fourth-order valence-electron chi connectivity index (χ4n) is 1.55. The molecule has 0 fully saturated rings. The predicted molar refractivity (Wildman–Crippen MR) is 78.2 cm³/mol. The smallest absolute Gasteiger partial charge is 0.258 e. The molecule has 0 aromatic heterocycles. The zero-order valence-electron chi connectivity index (χ0n) is 11.6. The molecule has 0 unspecified atom stereocenters. The summed E-state index contributed by atoms with van der Waals surface area (Å²) >= 11 is 0. The van der Waals surface area contributed by atoms with Gasteiger partial charge in [0.2, 0.25) is 0 Å². The molecule has 2 rings (SSSR count). The van der Waals surface area contributed by atoms with E-state index in [1.807, 2.05) is 0 Å². The van der Waals surface area contributed by atoms with E-state index in [-0.39, 0.29) is 30.7 Å². The minimum atomic E-state index is -0.368. The minimum absolute atomic E-state index is 0.156. The summed E-state index contributed by atoms with van der Waals surface area (Å²) in [6, 6.07) is 11.1. The molecule has 0 radical (unpaired) electrons. The van der Waals surface area contributed by atoms with Crippen molar-refractivity contribution in [3.8, 4) is 17.6 Å². The van der Waals surface area contributed by atoms with Crippen LogP contribution in [0.2, 0.25) is 0 Å². The van der Waals surface area contributed by atoms with Crippen molar-refractivity contribution in [1.29, 1.82) is 0 Å². The lowest BCUT2D eigenvalue weighted by Crippen LogP contribution is -2.29.